The summed E-state index contributed by atoms with van der Waals surface area (Å²) in [6.45, 7) is 0.166. The molecule has 5 heteroatoms. The lowest BCUT2D eigenvalue weighted by molar-refractivity contribution is -0.142. The van der Waals surface area contributed by atoms with Crippen LogP contribution in [0.2, 0.25) is 0 Å². The second-order valence-corrected chi connectivity index (χ2v) is 2.24. The Kier molecular flexibility index (Phi) is 2.82. The van der Waals surface area contributed by atoms with Crippen LogP contribution in [0.3, 0.4) is 0 Å². The maximum atomic E-state index is 11.1. The van der Waals surface area contributed by atoms with Gasteiger partial charge in [-0.05, 0) is 0 Å². The number of carbonyl (C=O) groups excluding carboxylic acids is 1. The number of methoxy groups -OCH3 is 1. The molecule has 1 rings (SSSR count). The summed E-state index contributed by atoms with van der Waals surface area (Å²) in [5, 5.41) is 3.60. The minimum atomic E-state index is -0.520. The number of nitrogens with two attached hydrogens (primary N) is 1. The quantitative estimate of drug-likeness (QED) is 0.640. The van der Waals surface area contributed by atoms with E-state index in [0.717, 1.165) is 0 Å². The van der Waals surface area contributed by atoms with Crippen LogP contribution >= 0.6 is 0 Å². The predicted octanol–water partition coefficient (Wildman–Crippen LogP) is -0.110. The average Bonchev–Trinajstić information content (AvgIpc) is 2.58. The molecule has 0 amide bonds. The highest BCUT2D eigenvalue weighted by atomic mass is 16.5. The average molecular weight is 170 g/mol. The second-order valence-electron chi connectivity index (χ2n) is 2.24. The molecule has 0 radical (unpaired) electrons. The largest absolute Gasteiger partial charge is 0.468 e. The third kappa shape index (κ3) is 1.62. The van der Waals surface area contributed by atoms with Gasteiger partial charge in [-0.3, -0.25) is 4.79 Å². The third-order valence-electron chi connectivity index (χ3n) is 1.54. The molecule has 0 aliphatic carbocycles. The van der Waals surface area contributed by atoms with Gasteiger partial charge in [-0.15, -0.1) is 0 Å². The van der Waals surface area contributed by atoms with Gasteiger partial charge in [0.15, 0.2) is 0 Å². The lowest BCUT2D eigenvalue weighted by Crippen LogP contribution is -2.22. The molecule has 5 nitrogen and oxygen atoms in total. The molecule has 1 unspecified atom stereocenters. The number of rotatable bonds is 3. The molecular formula is C7H10N2O3. The number of esters is 1. The van der Waals surface area contributed by atoms with Gasteiger partial charge in [0, 0.05) is 12.6 Å². The second kappa shape index (κ2) is 3.87. The van der Waals surface area contributed by atoms with E-state index in [0.29, 0.717) is 5.69 Å². The molecule has 1 aromatic heterocycles. The molecule has 0 saturated heterocycles. The minimum absolute atomic E-state index is 0.166. The number of nitrogens with zero attached hydrogens (tertiary/aromatic N) is 1. The number of hydrogen-bond acceptors (Lipinski definition) is 5. The topological polar surface area (TPSA) is 78.4 Å². The zero-order valence-corrected chi connectivity index (χ0v) is 6.69. The molecule has 0 bridgehead atoms. The van der Waals surface area contributed by atoms with Gasteiger partial charge in [0.1, 0.15) is 12.2 Å². The first-order chi connectivity index (χ1) is 5.79. The Morgan fingerprint density at radius 2 is 2.67 bits per heavy atom. The number of carbonyl (C=O) groups is 1. The van der Waals surface area contributed by atoms with Crippen molar-refractivity contribution >= 4 is 5.97 Å². The molecule has 0 aliphatic heterocycles. The summed E-state index contributed by atoms with van der Waals surface area (Å²) < 4.78 is 9.11. The molecule has 1 atom stereocenters. The fraction of sp³-hybridized carbons (Fsp3) is 0.429. The maximum absolute atomic E-state index is 11.1. The van der Waals surface area contributed by atoms with Crippen molar-refractivity contribution in [3.05, 3.63) is 18.0 Å². The Hall–Kier alpha value is -1.36. The van der Waals surface area contributed by atoms with Crippen LogP contribution in [0.5, 0.6) is 0 Å². The van der Waals surface area contributed by atoms with Crippen molar-refractivity contribution in [3.63, 3.8) is 0 Å². The molecule has 66 valence electrons. The van der Waals surface area contributed by atoms with E-state index < -0.39 is 11.9 Å². The van der Waals surface area contributed by atoms with Crippen LogP contribution in [0.4, 0.5) is 0 Å². The summed E-state index contributed by atoms with van der Waals surface area (Å²) in [4.78, 5) is 11.1. The van der Waals surface area contributed by atoms with Crippen molar-refractivity contribution in [1.82, 2.24) is 5.16 Å². The lowest BCUT2D eigenvalue weighted by atomic mass is 10.1. The van der Waals surface area contributed by atoms with Gasteiger partial charge in [0.2, 0.25) is 0 Å². The van der Waals surface area contributed by atoms with Crippen LogP contribution in [0, 0.1) is 0 Å². The van der Waals surface area contributed by atoms with Gasteiger partial charge in [-0.1, -0.05) is 5.16 Å². The normalized spacial score (nSPS) is 12.5. The zero-order valence-electron chi connectivity index (χ0n) is 6.69. The maximum Gasteiger partial charge on any atom is 0.316 e. The van der Waals surface area contributed by atoms with E-state index in [2.05, 4.69) is 14.4 Å². The van der Waals surface area contributed by atoms with E-state index in [9.17, 15) is 4.79 Å². The fourth-order valence-corrected chi connectivity index (χ4v) is 0.882. The van der Waals surface area contributed by atoms with E-state index >= 15 is 0 Å². The molecule has 0 aliphatic rings. The summed E-state index contributed by atoms with van der Waals surface area (Å²) >= 11 is 0. The predicted molar refractivity (Wildman–Crippen MR) is 40.3 cm³/mol. The van der Waals surface area contributed by atoms with Crippen LogP contribution in [0.15, 0.2) is 16.9 Å². The Morgan fingerprint density at radius 3 is 3.08 bits per heavy atom. The van der Waals surface area contributed by atoms with Gasteiger partial charge < -0.3 is 15.0 Å². The van der Waals surface area contributed by atoms with Crippen molar-refractivity contribution in [2.75, 3.05) is 13.7 Å². The van der Waals surface area contributed by atoms with E-state index in [4.69, 9.17) is 5.73 Å². The van der Waals surface area contributed by atoms with E-state index in [1.54, 1.807) is 6.07 Å². The molecule has 0 aromatic carbocycles. The highest BCUT2D eigenvalue weighted by Gasteiger charge is 2.21. The van der Waals surface area contributed by atoms with E-state index in [-0.39, 0.29) is 6.54 Å². The highest BCUT2D eigenvalue weighted by Crippen LogP contribution is 2.12. The molecule has 0 saturated carbocycles. The summed E-state index contributed by atoms with van der Waals surface area (Å²) in [5.41, 5.74) is 5.86. The van der Waals surface area contributed by atoms with Crippen molar-refractivity contribution < 1.29 is 14.1 Å². The zero-order chi connectivity index (χ0) is 8.97. The van der Waals surface area contributed by atoms with Crippen LogP contribution in [0.25, 0.3) is 0 Å². The monoisotopic (exact) mass is 170 g/mol. The third-order valence-corrected chi connectivity index (χ3v) is 1.54. The molecule has 2 N–H and O–H groups in total. The van der Waals surface area contributed by atoms with Crippen molar-refractivity contribution in [1.29, 1.82) is 0 Å². The van der Waals surface area contributed by atoms with Crippen molar-refractivity contribution in [2.45, 2.75) is 5.92 Å². The molecule has 12 heavy (non-hydrogen) atoms. The van der Waals surface area contributed by atoms with Gasteiger partial charge in [-0.25, -0.2) is 0 Å². The van der Waals surface area contributed by atoms with Crippen LogP contribution in [-0.4, -0.2) is 24.8 Å². The molecule has 1 aromatic rings. The first-order valence-electron chi connectivity index (χ1n) is 3.47. The first-order valence-corrected chi connectivity index (χ1v) is 3.47. The summed E-state index contributed by atoms with van der Waals surface area (Å²) in [7, 11) is 1.31. The SMILES string of the molecule is COC(=O)C(CN)c1ccon1. The highest BCUT2D eigenvalue weighted by molar-refractivity contribution is 5.77. The molecular weight excluding hydrogens is 160 g/mol. The Morgan fingerprint density at radius 1 is 1.92 bits per heavy atom. The Labute approximate surface area is 69.5 Å². The molecule has 0 spiro atoms. The standard InChI is InChI=1S/C7H10N2O3/c1-11-7(10)5(4-8)6-2-3-12-9-6/h2-3,5H,4,8H2,1H3. The fourth-order valence-electron chi connectivity index (χ4n) is 0.882. The lowest BCUT2D eigenvalue weighted by Gasteiger charge is -2.07. The Balaban J connectivity index is 2.76. The van der Waals surface area contributed by atoms with Crippen LogP contribution < -0.4 is 5.73 Å². The number of ether oxygens (including phenoxy) is 1. The van der Waals surface area contributed by atoms with Crippen molar-refractivity contribution in [3.8, 4) is 0 Å². The number of aromatic nitrogens is 1. The summed E-state index contributed by atoms with van der Waals surface area (Å²) in [6, 6.07) is 1.59. The van der Waals surface area contributed by atoms with Gasteiger partial charge >= 0.3 is 5.97 Å². The van der Waals surface area contributed by atoms with Gasteiger partial charge in [-0.2, -0.15) is 0 Å². The Bertz CT molecular complexity index is 245. The van der Waals surface area contributed by atoms with Crippen LogP contribution in [-0.2, 0) is 9.53 Å². The molecule has 0 fully saturated rings. The van der Waals surface area contributed by atoms with Crippen molar-refractivity contribution in [2.24, 2.45) is 5.73 Å². The minimum Gasteiger partial charge on any atom is -0.468 e. The van der Waals surface area contributed by atoms with E-state index in [1.165, 1.54) is 13.4 Å². The molecule has 1 heterocycles. The number of hydrogen-bond donors (Lipinski definition) is 1. The van der Waals surface area contributed by atoms with E-state index in [1.807, 2.05) is 0 Å². The summed E-state index contributed by atoms with van der Waals surface area (Å²) in [6.07, 6.45) is 1.39. The smallest absolute Gasteiger partial charge is 0.316 e. The first kappa shape index (κ1) is 8.73. The van der Waals surface area contributed by atoms with Gasteiger partial charge in [0.05, 0.1) is 12.8 Å². The van der Waals surface area contributed by atoms with Crippen LogP contribution in [0.1, 0.15) is 11.6 Å². The summed E-state index contributed by atoms with van der Waals surface area (Å²) in [5.74, 6) is -0.917. The van der Waals surface area contributed by atoms with Gasteiger partial charge in [0.25, 0.3) is 0 Å².